The minimum absolute atomic E-state index is 1.44. The summed E-state index contributed by atoms with van der Waals surface area (Å²) in [6, 6.07) is 1.73. The monoisotopic (exact) mass is 262 g/mol. The molecule has 0 unspecified atom stereocenters. The Morgan fingerprint density at radius 1 is 1.33 bits per heavy atom. The van der Waals surface area contributed by atoms with Crippen molar-refractivity contribution in [3.05, 3.63) is 18.5 Å². The summed E-state index contributed by atoms with van der Waals surface area (Å²) in [5.74, 6) is 0. The molecule has 0 saturated heterocycles. The molecule has 0 N–H and O–H groups in total. The quantitative estimate of drug-likeness (QED) is 0.761. The SMILES string of the molecule is [Cl][Zr]([Cl])([Cl])[n]1cccn1. The molecule has 0 radical (unpaired) electrons. The first-order valence-corrected chi connectivity index (χ1v) is 12.8. The minimum atomic E-state index is -3.43. The zero-order valence-electron chi connectivity index (χ0n) is 4.26. The second kappa shape index (κ2) is 2.92. The van der Waals surface area contributed by atoms with Crippen molar-refractivity contribution in [2.75, 3.05) is 0 Å². The Labute approximate surface area is 68.2 Å². The number of rotatable bonds is 1. The summed E-state index contributed by atoms with van der Waals surface area (Å²) in [6.45, 7) is 0. The zero-order chi connectivity index (χ0) is 6.91. The number of aromatic nitrogens is 2. The average Bonchev–Trinajstić information content (AvgIpc) is 2.08. The van der Waals surface area contributed by atoms with Crippen LogP contribution in [0.5, 0.6) is 0 Å². The fourth-order valence-electron chi connectivity index (χ4n) is 0.419. The Kier molecular flexibility index (Phi) is 2.61. The molecule has 0 fully saturated rings. The van der Waals surface area contributed by atoms with Gasteiger partial charge in [0.1, 0.15) is 0 Å². The van der Waals surface area contributed by atoms with Gasteiger partial charge < -0.3 is 0 Å². The summed E-state index contributed by atoms with van der Waals surface area (Å²) in [7, 11) is 16.9. The number of hydrogen-bond donors (Lipinski definition) is 0. The summed E-state index contributed by atoms with van der Waals surface area (Å²) >= 11 is -3.43. The third-order valence-electron chi connectivity index (χ3n) is 0.764. The van der Waals surface area contributed by atoms with Crippen LogP contribution in [0.25, 0.3) is 0 Å². The van der Waals surface area contributed by atoms with Gasteiger partial charge in [-0.1, -0.05) is 0 Å². The Morgan fingerprint density at radius 3 is 2.22 bits per heavy atom. The zero-order valence-corrected chi connectivity index (χ0v) is 8.99. The Morgan fingerprint density at radius 2 is 2.00 bits per heavy atom. The van der Waals surface area contributed by atoms with Crippen LogP contribution in [0.15, 0.2) is 18.5 Å². The topological polar surface area (TPSA) is 17.8 Å². The molecule has 1 aromatic heterocycles. The van der Waals surface area contributed by atoms with Crippen molar-refractivity contribution in [3.63, 3.8) is 0 Å². The molecule has 0 spiro atoms. The van der Waals surface area contributed by atoms with Crippen LogP contribution < -0.4 is 0 Å². The first kappa shape index (κ1) is 8.06. The summed E-state index contributed by atoms with van der Waals surface area (Å²) in [5.41, 5.74) is 0. The molecule has 9 heavy (non-hydrogen) atoms. The van der Waals surface area contributed by atoms with Gasteiger partial charge in [0, 0.05) is 0 Å². The summed E-state index contributed by atoms with van der Waals surface area (Å²) in [6.07, 6.45) is 3.27. The molecule has 0 amide bonds. The summed E-state index contributed by atoms with van der Waals surface area (Å²) in [5, 5.41) is 3.80. The van der Waals surface area contributed by atoms with Crippen molar-refractivity contribution >= 4 is 25.5 Å². The molecule has 0 atom stereocenters. The van der Waals surface area contributed by atoms with E-state index in [1.165, 1.54) is 2.63 Å². The van der Waals surface area contributed by atoms with E-state index in [2.05, 4.69) is 5.10 Å². The molecule has 50 valence electrons. The van der Waals surface area contributed by atoms with Crippen LogP contribution in [0.4, 0.5) is 0 Å². The van der Waals surface area contributed by atoms with Crippen molar-refractivity contribution in [1.29, 1.82) is 0 Å². The predicted molar refractivity (Wildman–Crippen MR) is 35.2 cm³/mol. The van der Waals surface area contributed by atoms with E-state index >= 15 is 0 Å². The van der Waals surface area contributed by atoms with E-state index in [4.69, 9.17) is 25.5 Å². The van der Waals surface area contributed by atoms with E-state index in [1.54, 1.807) is 18.5 Å². The van der Waals surface area contributed by atoms with Crippen LogP contribution in [-0.4, -0.2) is 7.72 Å². The molecular weight excluding hydrogens is 262 g/mol. The van der Waals surface area contributed by atoms with Gasteiger partial charge in [-0.05, 0) is 0 Å². The molecule has 6 heteroatoms. The van der Waals surface area contributed by atoms with E-state index in [-0.39, 0.29) is 0 Å². The van der Waals surface area contributed by atoms with Gasteiger partial charge in [-0.25, -0.2) is 0 Å². The van der Waals surface area contributed by atoms with Crippen molar-refractivity contribution in [1.82, 2.24) is 7.72 Å². The predicted octanol–water partition coefficient (Wildman–Crippen LogP) is 2.26. The first-order chi connectivity index (χ1) is 4.11. The molecule has 2 nitrogen and oxygen atoms in total. The molecule has 0 saturated carbocycles. The van der Waals surface area contributed by atoms with E-state index in [1.807, 2.05) is 0 Å². The van der Waals surface area contributed by atoms with Gasteiger partial charge in [0.25, 0.3) is 0 Å². The molecule has 0 aliphatic carbocycles. The normalized spacial score (nSPS) is 11.9. The van der Waals surface area contributed by atoms with E-state index < -0.39 is 17.0 Å². The molecular formula is C3H3Cl3N2Zr. The molecule has 0 aliphatic heterocycles. The fraction of sp³-hybridized carbons (Fsp3) is 0. The van der Waals surface area contributed by atoms with Crippen LogP contribution in [0, 0.1) is 0 Å². The van der Waals surface area contributed by atoms with Gasteiger partial charge in [-0.3, -0.25) is 0 Å². The van der Waals surface area contributed by atoms with Crippen LogP contribution in [0.1, 0.15) is 0 Å². The van der Waals surface area contributed by atoms with Gasteiger partial charge in [-0.2, -0.15) is 0 Å². The van der Waals surface area contributed by atoms with E-state index in [0.29, 0.717) is 0 Å². The van der Waals surface area contributed by atoms with E-state index in [9.17, 15) is 0 Å². The van der Waals surface area contributed by atoms with Gasteiger partial charge in [-0.15, -0.1) is 0 Å². The second-order valence-electron chi connectivity index (χ2n) is 1.42. The van der Waals surface area contributed by atoms with Gasteiger partial charge in [0.15, 0.2) is 0 Å². The average molecular weight is 265 g/mol. The maximum absolute atomic E-state index is 5.64. The van der Waals surface area contributed by atoms with Gasteiger partial charge >= 0.3 is 68.7 Å². The first-order valence-electron chi connectivity index (χ1n) is 2.17. The molecule has 0 aromatic carbocycles. The molecule has 0 aliphatic rings. The molecule has 1 heterocycles. The van der Waals surface area contributed by atoms with Crippen LogP contribution >= 0.6 is 25.5 Å². The molecule has 0 bridgehead atoms. The number of nitrogens with zero attached hydrogens (tertiary/aromatic N) is 2. The second-order valence-corrected chi connectivity index (χ2v) is 18.0. The van der Waals surface area contributed by atoms with E-state index in [0.717, 1.165) is 0 Å². The van der Waals surface area contributed by atoms with Crippen LogP contribution in [0.2, 0.25) is 0 Å². The summed E-state index contributed by atoms with van der Waals surface area (Å²) < 4.78 is 1.44. The summed E-state index contributed by atoms with van der Waals surface area (Å²) in [4.78, 5) is 0. The Hall–Kier alpha value is 0.963. The van der Waals surface area contributed by atoms with Gasteiger partial charge in [0.05, 0.1) is 0 Å². The third kappa shape index (κ3) is 2.23. The third-order valence-corrected chi connectivity index (χ3v) is 5.77. The van der Waals surface area contributed by atoms with Crippen molar-refractivity contribution in [2.24, 2.45) is 0 Å². The Balaban J connectivity index is 2.90. The Bertz CT molecular complexity index is 179. The van der Waals surface area contributed by atoms with Gasteiger partial charge in [0.2, 0.25) is 0 Å². The van der Waals surface area contributed by atoms with Crippen LogP contribution in [0.3, 0.4) is 0 Å². The van der Waals surface area contributed by atoms with Crippen molar-refractivity contribution < 1.29 is 17.0 Å². The maximum atomic E-state index is 5.64. The fourth-order valence-corrected chi connectivity index (χ4v) is 3.31. The molecule has 1 aromatic rings. The molecule has 1 rings (SSSR count). The number of halogens is 3. The standard InChI is InChI=1S/C3H3N2.3ClH.Zr/c1-2-4-5-3-1;;;;/h1-3H;3*1H;/q-1;;;;+4/p-3. The van der Waals surface area contributed by atoms with Crippen molar-refractivity contribution in [2.45, 2.75) is 0 Å². The number of hydrogen-bond acceptors (Lipinski definition) is 1. The van der Waals surface area contributed by atoms with Crippen molar-refractivity contribution in [3.8, 4) is 0 Å². The van der Waals surface area contributed by atoms with Crippen LogP contribution in [-0.2, 0) is 17.0 Å².